The minimum Gasteiger partial charge on any atom is -0.475 e. The maximum Gasteiger partial charge on any atom is 0.271 e. The van der Waals surface area contributed by atoms with Crippen molar-refractivity contribution < 1.29 is 14.3 Å². The monoisotopic (exact) mass is 388 g/mol. The molecule has 0 spiro atoms. The normalized spacial score (nSPS) is 21.2. The second kappa shape index (κ2) is 9.54. The molecule has 7 nitrogen and oxygen atoms in total. The summed E-state index contributed by atoms with van der Waals surface area (Å²) in [6, 6.07) is 0. The molecule has 3 heterocycles. The summed E-state index contributed by atoms with van der Waals surface area (Å²) in [4.78, 5) is 24.0. The van der Waals surface area contributed by atoms with E-state index in [9.17, 15) is 4.79 Å². The van der Waals surface area contributed by atoms with Crippen LogP contribution < -0.4 is 15.0 Å². The quantitative estimate of drug-likeness (QED) is 0.774. The predicted molar refractivity (Wildman–Crippen MR) is 107 cm³/mol. The van der Waals surface area contributed by atoms with Crippen LogP contribution in [0.5, 0.6) is 5.88 Å². The number of rotatable bonds is 7. The van der Waals surface area contributed by atoms with E-state index in [1.165, 1.54) is 25.7 Å². The molecule has 3 aliphatic rings. The third-order valence-corrected chi connectivity index (χ3v) is 6.18. The zero-order valence-corrected chi connectivity index (χ0v) is 16.7. The molecular weight excluding hydrogens is 356 g/mol. The molecule has 1 aliphatic carbocycles. The fraction of sp³-hybridized carbons (Fsp3) is 0.762. The standard InChI is InChI=1S/C21H32N4O3/c26-20(23-13-16-7-11-27-12-8-16)18-14-22-19(25-9-3-4-10-25)21(24-18)28-15-17-5-1-2-6-17/h14,16-17H,1-13,15H2,(H,23,26). The molecule has 7 heteroatoms. The smallest absolute Gasteiger partial charge is 0.271 e. The van der Waals surface area contributed by atoms with Gasteiger partial charge in [0.25, 0.3) is 11.8 Å². The van der Waals surface area contributed by atoms with Crippen LogP contribution in [0.15, 0.2) is 6.20 Å². The average molecular weight is 389 g/mol. The van der Waals surface area contributed by atoms with Gasteiger partial charge in [-0.25, -0.2) is 9.97 Å². The predicted octanol–water partition coefficient (Wildman–Crippen LogP) is 2.80. The number of anilines is 1. The number of aromatic nitrogens is 2. The van der Waals surface area contributed by atoms with Crippen molar-refractivity contribution in [2.45, 2.75) is 51.4 Å². The Morgan fingerprint density at radius 3 is 2.61 bits per heavy atom. The minimum absolute atomic E-state index is 0.169. The molecule has 0 atom stereocenters. The van der Waals surface area contributed by atoms with Gasteiger partial charge in [0.2, 0.25) is 0 Å². The van der Waals surface area contributed by atoms with E-state index in [2.05, 4.69) is 20.2 Å². The van der Waals surface area contributed by atoms with Gasteiger partial charge >= 0.3 is 0 Å². The molecule has 3 fully saturated rings. The second-order valence-corrected chi connectivity index (χ2v) is 8.31. The van der Waals surface area contributed by atoms with Crippen LogP contribution in [0, 0.1) is 11.8 Å². The Hall–Kier alpha value is -1.89. The summed E-state index contributed by atoms with van der Waals surface area (Å²) in [5.74, 6) is 2.22. The van der Waals surface area contributed by atoms with Gasteiger partial charge in [-0.05, 0) is 50.4 Å². The van der Waals surface area contributed by atoms with Crippen molar-refractivity contribution in [1.82, 2.24) is 15.3 Å². The summed E-state index contributed by atoms with van der Waals surface area (Å²) >= 11 is 0. The van der Waals surface area contributed by atoms with Crippen LogP contribution in [0.2, 0.25) is 0 Å². The number of nitrogens with one attached hydrogen (secondary N) is 1. The van der Waals surface area contributed by atoms with Crippen LogP contribution in [0.4, 0.5) is 5.82 Å². The highest BCUT2D eigenvalue weighted by atomic mass is 16.5. The maximum absolute atomic E-state index is 12.6. The van der Waals surface area contributed by atoms with Crippen molar-refractivity contribution in [3.05, 3.63) is 11.9 Å². The van der Waals surface area contributed by atoms with E-state index in [0.29, 0.717) is 36.6 Å². The first-order valence-electron chi connectivity index (χ1n) is 10.9. The first-order valence-corrected chi connectivity index (χ1v) is 10.9. The number of hydrogen-bond donors (Lipinski definition) is 1. The van der Waals surface area contributed by atoms with Crippen molar-refractivity contribution in [1.29, 1.82) is 0 Å². The molecule has 1 aromatic rings. The topological polar surface area (TPSA) is 76.6 Å². The van der Waals surface area contributed by atoms with Crippen molar-refractivity contribution >= 4 is 11.7 Å². The van der Waals surface area contributed by atoms with Crippen molar-refractivity contribution in [2.24, 2.45) is 11.8 Å². The third-order valence-electron chi connectivity index (χ3n) is 6.18. The van der Waals surface area contributed by atoms with Crippen LogP contribution in [0.25, 0.3) is 0 Å². The Kier molecular flexibility index (Phi) is 6.62. The Balaban J connectivity index is 1.42. The average Bonchev–Trinajstić information content (AvgIpc) is 3.45. The Labute approximate surface area is 167 Å². The van der Waals surface area contributed by atoms with Gasteiger partial charge in [0.1, 0.15) is 0 Å². The molecule has 1 N–H and O–H groups in total. The van der Waals surface area contributed by atoms with Crippen LogP contribution in [-0.4, -0.2) is 55.3 Å². The Morgan fingerprint density at radius 2 is 1.86 bits per heavy atom. The Morgan fingerprint density at radius 1 is 1.11 bits per heavy atom. The molecule has 1 aromatic heterocycles. The van der Waals surface area contributed by atoms with Gasteiger partial charge in [-0.2, -0.15) is 0 Å². The van der Waals surface area contributed by atoms with Gasteiger partial charge in [0.05, 0.1) is 12.8 Å². The van der Waals surface area contributed by atoms with E-state index < -0.39 is 0 Å². The van der Waals surface area contributed by atoms with E-state index in [-0.39, 0.29) is 5.91 Å². The van der Waals surface area contributed by atoms with Gasteiger partial charge in [-0.3, -0.25) is 4.79 Å². The highest BCUT2D eigenvalue weighted by molar-refractivity contribution is 5.92. The highest BCUT2D eigenvalue weighted by Gasteiger charge is 2.24. The van der Waals surface area contributed by atoms with Crippen molar-refractivity contribution in [3.63, 3.8) is 0 Å². The summed E-state index contributed by atoms with van der Waals surface area (Å²) in [6.07, 6.45) is 10.9. The molecular formula is C21H32N4O3. The van der Waals surface area contributed by atoms with Crippen LogP contribution >= 0.6 is 0 Å². The van der Waals surface area contributed by atoms with Crippen molar-refractivity contribution in [2.75, 3.05) is 44.4 Å². The number of carbonyl (C=O) groups is 1. The molecule has 154 valence electrons. The summed E-state index contributed by atoms with van der Waals surface area (Å²) in [5.41, 5.74) is 0.344. The largest absolute Gasteiger partial charge is 0.475 e. The molecule has 2 saturated heterocycles. The fourth-order valence-corrected chi connectivity index (χ4v) is 4.37. The molecule has 1 saturated carbocycles. The van der Waals surface area contributed by atoms with Gasteiger partial charge in [-0.1, -0.05) is 12.8 Å². The highest BCUT2D eigenvalue weighted by Crippen LogP contribution is 2.30. The lowest BCUT2D eigenvalue weighted by Crippen LogP contribution is -2.33. The first-order chi connectivity index (χ1) is 13.8. The maximum atomic E-state index is 12.6. The van der Waals surface area contributed by atoms with Gasteiger partial charge in [0, 0.05) is 32.8 Å². The first kappa shape index (κ1) is 19.4. The summed E-state index contributed by atoms with van der Waals surface area (Å²) in [6.45, 7) is 4.85. The number of ether oxygens (including phenoxy) is 2. The summed E-state index contributed by atoms with van der Waals surface area (Å²) < 4.78 is 11.5. The van der Waals surface area contributed by atoms with E-state index in [1.54, 1.807) is 6.20 Å². The molecule has 0 aromatic carbocycles. The van der Waals surface area contributed by atoms with E-state index in [1.807, 2.05) is 0 Å². The molecule has 0 radical (unpaired) electrons. The SMILES string of the molecule is O=C(NCC1CCOCC1)c1cnc(N2CCCC2)c(OCC2CCCC2)n1. The second-order valence-electron chi connectivity index (χ2n) is 8.31. The fourth-order valence-electron chi connectivity index (χ4n) is 4.37. The molecule has 4 rings (SSSR count). The van der Waals surface area contributed by atoms with Crippen LogP contribution in [0.1, 0.15) is 61.9 Å². The molecule has 0 unspecified atom stereocenters. The van der Waals surface area contributed by atoms with Crippen molar-refractivity contribution in [3.8, 4) is 5.88 Å². The van der Waals surface area contributed by atoms with Gasteiger partial charge < -0.3 is 19.7 Å². The zero-order valence-electron chi connectivity index (χ0n) is 16.7. The Bertz CT molecular complexity index is 651. The third kappa shape index (κ3) is 4.93. The lowest BCUT2D eigenvalue weighted by molar-refractivity contribution is 0.0642. The molecule has 2 aliphatic heterocycles. The van der Waals surface area contributed by atoms with Crippen LogP contribution in [0.3, 0.4) is 0 Å². The number of hydrogen-bond acceptors (Lipinski definition) is 6. The van der Waals surface area contributed by atoms with Crippen LogP contribution in [-0.2, 0) is 4.74 Å². The lowest BCUT2D eigenvalue weighted by Gasteiger charge is -2.22. The number of carbonyl (C=O) groups excluding carboxylic acids is 1. The van der Waals surface area contributed by atoms with E-state index >= 15 is 0 Å². The van der Waals surface area contributed by atoms with E-state index in [0.717, 1.165) is 57.8 Å². The summed E-state index contributed by atoms with van der Waals surface area (Å²) in [7, 11) is 0. The molecule has 0 bridgehead atoms. The minimum atomic E-state index is -0.169. The summed E-state index contributed by atoms with van der Waals surface area (Å²) in [5, 5.41) is 3.02. The number of amides is 1. The molecule has 28 heavy (non-hydrogen) atoms. The lowest BCUT2D eigenvalue weighted by atomic mass is 10.0. The van der Waals surface area contributed by atoms with Gasteiger partial charge in [-0.15, -0.1) is 0 Å². The number of nitrogens with zero attached hydrogens (tertiary/aromatic N) is 3. The zero-order chi connectivity index (χ0) is 19.2. The molecule has 1 amide bonds. The van der Waals surface area contributed by atoms with E-state index in [4.69, 9.17) is 9.47 Å². The van der Waals surface area contributed by atoms with Gasteiger partial charge in [0.15, 0.2) is 11.5 Å².